The third kappa shape index (κ3) is 5.85. The molecular weight excluding hydrogens is 898 g/mol. The van der Waals surface area contributed by atoms with Crippen LogP contribution in [0.15, 0.2) is 278 Å². The van der Waals surface area contributed by atoms with E-state index in [-0.39, 0.29) is 56.6 Å². The third-order valence-corrected chi connectivity index (χ3v) is 14.0. The highest BCUT2D eigenvalue weighted by molar-refractivity contribution is 6.05. The Kier molecular flexibility index (Phi) is 4.55. The van der Waals surface area contributed by atoms with E-state index < -0.39 is 293 Å². The Morgan fingerprint density at radius 1 is 0.338 bits per heavy atom. The molecule has 0 amide bonds. The Labute approximate surface area is 478 Å². The highest BCUT2D eigenvalue weighted by Crippen LogP contribution is 2.64. The molecule has 2 atom stereocenters. The fourth-order valence-corrected chi connectivity index (χ4v) is 11.1. The quantitative estimate of drug-likeness (QED) is 0.154. The topological polar surface area (TPSA) is 3.24 Å². The molecule has 0 aromatic heterocycles. The van der Waals surface area contributed by atoms with Crippen LogP contribution >= 0.6 is 0 Å². The molecule has 0 radical (unpaired) electrons. The summed E-state index contributed by atoms with van der Waals surface area (Å²) >= 11 is 0. The van der Waals surface area contributed by atoms with Gasteiger partial charge in [0.2, 0.25) is 0 Å². The van der Waals surface area contributed by atoms with Gasteiger partial charge in [-0.25, -0.2) is 4.39 Å². The van der Waals surface area contributed by atoms with Gasteiger partial charge in [0.1, 0.15) is 5.82 Å². The zero-order valence-corrected chi connectivity index (χ0v) is 37.8. The van der Waals surface area contributed by atoms with Gasteiger partial charge in [0.05, 0.1) is 63.1 Å². The number of benzene rings is 12. The molecule has 3 aliphatic carbocycles. The Morgan fingerprint density at radius 3 is 1.81 bits per heavy atom. The van der Waals surface area contributed by atoms with Crippen LogP contribution in [0.3, 0.4) is 0 Å². The van der Waals surface area contributed by atoms with Gasteiger partial charge in [-0.15, -0.1) is 0 Å². The molecule has 0 aliphatic heterocycles. The predicted octanol–water partition coefficient (Wildman–Crippen LogP) is 18.5. The second kappa shape index (κ2) is 16.3. The fraction of sp³-hybridized carbons (Fsp3) is 0.0278. The first kappa shape index (κ1) is 20.6. The van der Waals surface area contributed by atoms with Crippen LogP contribution in [-0.2, 0) is 10.8 Å². The minimum Gasteiger partial charge on any atom is -0.308 e. The van der Waals surface area contributed by atoms with Crippen molar-refractivity contribution in [3.8, 4) is 55.6 Å². The monoisotopic (exact) mass is 978 g/mol. The number of rotatable bonds is 7. The number of hydrogen-bond acceptors (Lipinski definition) is 1. The number of anilines is 3. The van der Waals surface area contributed by atoms with Crippen LogP contribution in [0.25, 0.3) is 66.4 Å². The summed E-state index contributed by atoms with van der Waals surface area (Å²) in [6.45, 7) is 0. The van der Waals surface area contributed by atoms with Crippen LogP contribution in [0.1, 0.15) is 91.1 Å². The van der Waals surface area contributed by atoms with E-state index in [0.29, 0.717) is 4.90 Å². The molecule has 0 heterocycles. The van der Waals surface area contributed by atoms with Gasteiger partial charge in [-0.05, 0) is 153 Å². The SMILES string of the molecule is [2H]c1ccc(C2(c3c([2H])c([2H])c([2H])c([2H])c3[2H])c3cc(-c4c(-c5c([2H])c([2H])c(N(c6ccc7c(c6)C6(c8cc([2H])c([2H])c([2H])c8-7)c7cc([2H])c([2H])c([2H])c7-c7c([2H])ccc([2H])c76)c6c([2H])c([2H])c([2H])c([2H])c6F)c([2H])c5[2H])c([2H])c([2H])c5c([2H])c([2H])ccc45)c([2H])c([2H])c3-c3c([2H])c([2H])c([2H])c([2H])c32)c([2H])c1[2H]. The van der Waals surface area contributed by atoms with E-state index in [1.807, 2.05) is 0 Å². The van der Waals surface area contributed by atoms with Crippen LogP contribution < -0.4 is 4.90 Å². The minimum atomic E-state index is -2.91. The van der Waals surface area contributed by atoms with Gasteiger partial charge in [-0.3, -0.25) is 0 Å². The van der Waals surface area contributed by atoms with Gasteiger partial charge in [0.25, 0.3) is 0 Å². The summed E-state index contributed by atoms with van der Waals surface area (Å²) in [6, 6.07) is -16.5. The summed E-state index contributed by atoms with van der Waals surface area (Å²) in [4.78, 5) is 0.605. The van der Waals surface area contributed by atoms with Crippen molar-refractivity contribution in [1.29, 1.82) is 0 Å². The number of nitrogens with zero attached hydrogens (tertiary/aromatic N) is 1. The Balaban J connectivity index is 1.08. The summed E-state index contributed by atoms with van der Waals surface area (Å²) in [6.07, 6.45) is 0. The van der Waals surface area contributed by atoms with Crippen molar-refractivity contribution in [2.75, 3.05) is 4.90 Å². The first-order valence-corrected chi connectivity index (χ1v) is 22.8. The van der Waals surface area contributed by atoms with E-state index in [2.05, 4.69) is 0 Å². The van der Waals surface area contributed by atoms with Crippen molar-refractivity contribution in [3.05, 3.63) is 329 Å². The van der Waals surface area contributed by atoms with Gasteiger partial charge >= 0.3 is 0 Å². The third-order valence-electron chi connectivity index (χ3n) is 14.0. The zero-order chi connectivity index (χ0) is 78.5. The lowest BCUT2D eigenvalue weighted by atomic mass is 9.67. The molecule has 3 aliphatic rings. The molecular formula is C72H46FN. The maximum Gasteiger partial charge on any atom is 0.147 e. The van der Waals surface area contributed by atoms with Crippen LogP contribution in [0, 0.1) is 5.82 Å². The summed E-state index contributed by atoms with van der Waals surface area (Å²) < 4.78 is 337. The summed E-state index contributed by atoms with van der Waals surface area (Å²) in [5.74, 6) is -1.76. The van der Waals surface area contributed by atoms with Crippen molar-refractivity contribution in [1.82, 2.24) is 0 Å². The van der Waals surface area contributed by atoms with E-state index in [0.717, 1.165) is 36.4 Å². The largest absolute Gasteiger partial charge is 0.308 e. The smallest absolute Gasteiger partial charge is 0.147 e. The molecule has 12 aromatic rings. The van der Waals surface area contributed by atoms with Gasteiger partial charge in [0.15, 0.2) is 0 Å². The first-order chi connectivity index (χ1) is 50.7. The zero-order valence-electron chi connectivity index (χ0n) is 71.8. The number of fused-ring (bicyclic) bond motifs is 14. The van der Waals surface area contributed by atoms with Crippen molar-refractivity contribution in [2.45, 2.75) is 10.8 Å². The lowest BCUT2D eigenvalue weighted by Gasteiger charge is -2.34. The molecule has 346 valence electrons. The van der Waals surface area contributed by atoms with Gasteiger partial charge < -0.3 is 4.90 Å². The van der Waals surface area contributed by atoms with Crippen LogP contribution in [0.2, 0.25) is 0 Å². The molecule has 0 saturated carbocycles. The molecule has 15 rings (SSSR count). The molecule has 0 fully saturated rings. The lowest BCUT2D eigenvalue weighted by molar-refractivity contribution is 0.629. The number of halogens is 1. The van der Waals surface area contributed by atoms with E-state index >= 15 is 4.39 Å². The van der Waals surface area contributed by atoms with Crippen LogP contribution in [-0.4, -0.2) is 0 Å². The minimum absolute atomic E-state index is 0.00913. The Bertz CT molecular complexity index is 6200. The average molecular weight is 978 g/mol. The fourth-order valence-electron chi connectivity index (χ4n) is 11.1. The first-order valence-electron chi connectivity index (χ1n) is 39.8. The summed E-state index contributed by atoms with van der Waals surface area (Å²) in [5, 5.41) is -0.945. The van der Waals surface area contributed by atoms with E-state index in [4.69, 9.17) is 20.6 Å². The highest BCUT2D eigenvalue weighted by atomic mass is 19.1. The van der Waals surface area contributed by atoms with Crippen molar-refractivity contribution < 1.29 is 51.0 Å². The lowest BCUT2D eigenvalue weighted by Crippen LogP contribution is -2.28. The van der Waals surface area contributed by atoms with Gasteiger partial charge in [0, 0.05) is 11.4 Å². The second-order valence-electron chi connectivity index (χ2n) is 17.4. The van der Waals surface area contributed by atoms with E-state index in [1.54, 1.807) is 0 Å². The molecule has 0 N–H and O–H groups in total. The molecule has 1 nitrogen and oxygen atoms in total. The molecule has 0 saturated heterocycles. The maximum absolute atomic E-state index is 17.8. The highest BCUT2D eigenvalue weighted by Gasteiger charge is 2.52. The maximum atomic E-state index is 17.8. The van der Waals surface area contributed by atoms with Crippen LogP contribution in [0.4, 0.5) is 21.5 Å². The molecule has 1 spiro atoms. The van der Waals surface area contributed by atoms with Crippen molar-refractivity contribution in [3.63, 3.8) is 0 Å². The van der Waals surface area contributed by atoms with E-state index in [1.165, 1.54) is 36.4 Å². The second-order valence-corrected chi connectivity index (χ2v) is 17.4. The van der Waals surface area contributed by atoms with Crippen molar-refractivity contribution in [2.24, 2.45) is 0 Å². The molecule has 2 heteroatoms. The molecule has 74 heavy (non-hydrogen) atoms. The summed E-state index contributed by atoms with van der Waals surface area (Å²) in [5.41, 5.74) is -15.2. The molecule has 12 aromatic carbocycles. The van der Waals surface area contributed by atoms with Gasteiger partial charge in [-0.1, -0.05) is 236 Å². The summed E-state index contributed by atoms with van der Waals surface area (Å²) in [7, 11) is 0. The average Bonchev–Trinajstić information content (AvgIpc) is 1.49. The predicted molar refractivity (Wildman–Crippen MR) is 303 cm³/mol. The van der Waals surface area contributed by atoms with Gasteiger partial charge in [-0.2, -0.15) is 0 Å². The molecule has 0 bridgehead atoms. The van der Waals surface area contributed by atoms with E-state index in [9.17, 15) is 26.0 Å². The normalized spacial score (nSPS) is 22.7. The van der Waals surface area contributed by atoms with Crippen LogP contribution in [0.5, 0.6) is 0 Å². The van der Waals surface area contributed by atoms with Crippen molar-refractivity contribution >= 4 is 27.8 Å². The standard InChI is InChI=1S/C72H46FN/c73-68-33-17-18-34-69(68)74(53-41-44-61-59-28-12-16-32-65(59)72(67(61)46-53)63-30-14-10-25-56(63)57-26-11-15-31-64(57)72)52-39-35-48(36-40-52)55-42-37-47-19-7-8-24-54(47)70(55)49-38-43-60-58-27-9-13-29-62(58)71(66(60)45-49,50-20-3-1-4-21-50)51-22-5-2-6-23-51/h1-46H/i1D,2D,3D,4D,5D,7D,9D,10D,12D,13D,14D,16D,17D,18D,19D,20D,21D,22D,25D,26D,27D,28D,29D,31D,33D,34D,35D,36D,37D,38D,39D,40D,42D,43D. The number of hydrogen-bond donors (Lipinski definition) is 0. The Hall–Kier alpha value is -9.37. The number of para-hydroxylation sites is 1. The Morgan fingerprint density at radius 2 is 0.959 bits per heavy atom. The molecule has 2 unspecified atom stereocenters.